The molecule has 24 heavy (non-hydrogen) atoms. The van der Waals surface area contributed by atoms with Crippen molar-refractivity contribution in [1.82, 2.24) is 10.3 Å². The quantitative estimate of drug-likeness (QED) is 0.845. The molecule has 5 heteroatoms. The lowest BCUT2D eigenvalue weighted by Crippen LogP contribution is -2.24. The maximum absolute atomic E-state index is 12.1. The highest BCUT2D eigenvalue weighted by Crippen LogP contribution is 2.26. The van der Waals surface area contributed by atoms with Gasteiger partial charge in [-0.1, -0.05) is 41.6 Å². The van der Waals surface area contributed by atoms with E-state index < -0.39 is 0 Å². The molecule has 124 valence electrons. The highest BCUT2D eigenvalue weighted by Gasteiger charge is 2.14. The predicted molar refractivity (Wildman–Crippen MR) is 96.9 cm³/mol. The third-order valence-electron chi connectivity index (χ3n) is 4.03. The Bertz CT molecular complexity index is 792. The van der Waals surface area contributed by atoms with Gasteiger partial charge in [-0.15, -0.1) is 0 Å². The number of aromatic nitrogens is 1. The molecule has 0 bridgehead atoms. The molecule has 1 heterocycles. The van der Waals surface area contributed by atoms with Crippen LogP contribution in [-0.2, 0) is 11.3 Å². The van der Waals surface area contributed by atoms with E-state index in [0.717, 1.165) is 22.4 Å². The van der Waals surface area contributed by atoms with Crippen LogP contribution in [0.1, 0.15) is 33.5 Å². The van der Waals surface area contributed by atoms with Crippen LogP contribution in [0.15, 0.2) is 29.3 Å². The Morgan fingerprint density at radius 3 is 2.46 bits per heavy atom. The molecule has 4 nitrogen and oxygen atoms in total. The minimum atomic E-state index is -0.0675. The maximum Gasteiger partial charge on any atom is 0.230 e. The Balaban J connectivity index is 1.97. The third-order valence-corrected chi connectivity index (χ3v) is 5.00. The van der Waals surface area contributed by atoms with Gasteiger partial charge in [-0.3, -0.25) is 4.79 Å². The predicted octanol–water partition coefficient (Wildman–Crippen LogP) is 3.60. The zero-order valence-electron chi connectivity index (χ0n) is 14.4. The van der Waals surface area contributed by atoms with Crippen LogP contribution < -0.4 is 5.32 Å². The number of amides is 1. The fourth-order valence-electron chi connectivity index (χ4n) is 2.24. The fourth-order valence-corrected chi connectivity index (χ4v) is 3.15. The standard InChI is InChI=1S/C19H21N3OS/c1-12-5-7-16(8-6-12)10-21-18(23)11-24-19-17(9-20)14(3)13(2)15(4)22-19/h5-8H,10-11H2,1-4H3,(H,21,23). The molecule has 1 aromatic heterocycles. The first-order valence-electron chi connectivity index (χ1n) is 7.75. The number of hydrogen-bond donors (Lipinski definition) is 1. The number of pyridine rings is 1. The van der Waals surface area contributed by atoms with Crippen LogP contribution in [0.5, 0.6) is 0 Å². The summed E-state index contributed by atoms with van der Waals surface area (Å²) < 4.78 is 0. The van der Waals surface area contributed by atoms with Crippen molar-refractivity contribution in [2.24, 2.45) is 0 Å². The van der Waals surface area contributed by atoms with Crippen LogP contribution in [0.2, 0.25) is 0 Å². The molecule has 0 atom stereocenters. The summed E-state index contributed by atoms with van der Waals surface area (Å²) in [6.45, 7) is 8.34. The zero-order valence-corrected chi connectivity index (χ0v) is 15.3. The molecule has 0 aliphatic heterocycles. The Kier molecular flexibility index (Phi) is 5.99. The van der Waals surface area contributed by atoms with Crippen LogP contribution in [-0.4, -0.2) is 16.6 Å². The molecule has 0 aliphatic carbocycles. The summed E-state index contributed by atoms with van der Waals surface area (Å²) in [6, 6.07) is 10.3. The molecule has 2 aromatic rings. The first-order valence-corrected chi connectivity index (χ1v) is 8.74. The molecule has 1 amide bonds. The molecule has 2 rings (SSSR count). The number of carbonyl (C=O) groups is 1. The third kappa shape index (κ3) is 4.36. The van der Waals surface area contributed by atoms with Gasteiger partial charge >= 0.3 is 0 Å². The van der Waals surface area contributed by atoms with E-state index in [-0.39, 0.29) is 11.7 Å². The average Bonchev–Trinajstić information content (AvgIpc) is 2.57. The van der Waals surface area contributed by atoms with E-state index in [1.165, 1.54) is 17.3 Å². The Labute approximate surface area is 147 Å². The van der Waals surface area contributed by atoms with Crippen LogP contribution >= 0.6 is 11.8 Å². The van der Waals surface area contributed by atoms with Crippen molar-refractivity contribution in [3.05, 3.63) is 57.8 Å². The van der Waals surface area contributed by atoms with E-state index in [0.29, 0.717) is 17.1 Å². The Morgan fingerprint density at radius 1 is 1.17 bits per heavy atom. The van der Waals surface area contributed by atoms with Gasteiger partial charge in [0.05, 0.1) is 11.3 Å². The number of hydrogen-bond acceptors (Lipinski definition) is 4. The molecular formula is C19H21N3OS. The minimum absolute atomic E-state index is 0.0675. The normalized spacial score (nSPS) is 10.3. The smallest absolute Gasteiger partial charge is 0.230 e. The summed E-state index contributed by atoms with van der Waals surface area (Å²) in [5.41, 5.74) is 5.69. The van der Waals surface area contributed by atoms with Crippen molar-refractivity contribution >= 4 is 17.7 Å². The second kappa shape index (κ2) is 7.98. The number of thioether (sulfide) groups is 1. The summed E-state index contributed by atoms with van der Waals surface area (Å²) in [7, 11) is 0. The molecule has 0 aliphatic rings. The molecule has 0 spiro atoms. The van der Waals surface area contributed by atoms with E-state index in [1.54, 1.807) is 0 Å². The van der Waals surface area contributed by atoms with E-state index >= 15 is 0 Å². The monoisotopic (exact) mass is 339 g/mol. The fraction of sp³-hybridized carbons (Fsp3) is 0.316. The lowest BCUT2D eigenvalue weighted by molar-refractivity contribution is -0.118. The van der Waals surface area contributed by atoms with Crippen LogP contribution in [0.25, 0.3) is 0 Å². The van der Waals surface area contributed by atoms with Crippen molar-refractivity contribution in [2.75, 3.05) is 5.75 Å². The Morgan fingerprint density at radius 2 is 1.83 bits per heavy atom. The SMILES string of the molecule is Cc1ccc(CNC(=O)CSc2nc(C)c(C)c(C)c2C#N)cc1. The minimum Gasteiger partial charge on any atom is -0.351 e. The number of nitriles is 1. The van der Waals surface area contributed by atoms with Gasteiger partial charge < -0.3 is 5.32 Å². The highest BCUT2D eigenvalue weighted by atomic mass is 32.2. The first kappa shape index (κ1) is 18.0. The molecule has 0 fully saturated rings. The number of benzene rings is 1. The summed E-state index contributed by atoms with van der Waals surface area (Å²) in [5, 5.41) is 12.9. The number of nitrogens with one attached hydrogen (secondary N) is 1. The summed E-state index contributed by atoms with van der Waals surface area (Å²) >= 11 is 1.31. The van der Waals surface area contributed by atoms with Crippen molar-refractivity contribution in [3.8, 4) is 6.07 Å². The van der Waals surface area contributed by atoms with Gasteiger partial charge in [0.1, 0.15) is 11.1 Å². The van der Waals surface area contributed by atoms with Crippen molar-refractivity contribution in [2.45, 2.75) is 39.3 Å². The highest BCUT2D eigenvalue weighted by molar-refractivity contribution is 8.00. The van der Waals surface area contributed by atoms with Gasteiger partial charge in [-0.25, -0.2) is 4.98 Å². The van der Waals surface area contributed by atoms with E-state index in [2.05, 4.69) is 16.4 Å². The summed E-state index contributed by atoms with van der Waals surface area (Å²) in [6.07, 6.45) is 0. The molecular weight excluding hydrogens is 318 g/mol. The van der Waals surface area contributed by atoms with Gasteiger partial charge in [0.25, 0.3) is 0 Å². The molecule has 0 saturated heterocycles. The van der Waals surface area contributed by atoms with Gasteiger partial charge in [-0.05, 0) is 44.4 Å². The van der Waals surface area contributed by atoms with Crippen molar-refractivity contribution < 1.29 is 4.79 Å². The van der Waals surface area contributed by atoms with E-state index in [4.69, 9.17) is 0 Å². The lowest BCUT2D eigenvalue weighted by Gasteiger charge is -2.11. The van der Waals surface area contributed by atoms with E-state index in [1.807, 2.05) is 52.0 Å². The van der Waals surface area contributed by atoms with Gasteiger partial charge in [0.2, 0.25) is 5.91 Å². The molecule has 0 radical (unpaired) electrons. The number of rotatable bonds is 5. The van der Waals surface area contributed by atoms with Gasteiger partial charge in [-0.2, -0.15) is 5.26 Å². The average molecular weight is 339 g/mol. The van der Waals surface area contributed by atoms with Crippen LogP contribution in [0.4, 0.5) is 0 Å². The van der Waals surface area contributed by atoms with Gasteiger partial charge in [0, 0.05) is 12.2 Å². The summed E-state index contributed by atoms with van der Waals surface area (Å²) in [5.74, 6) is 0.178. The van der Waals surface area contributed by atoms with Crippen molar-refractivity contribution in [1.29, 1.82) is 5.26 Å². The second-order valence-electron chi connectivity index (χ2n) is 5.79. The maximum atomic E-state index is 12.1. The zero-order chi connectivity index (χ0) is 17.7. The van der Waals surface area contributed by atoms with E-state index in [9.17, 15) is 10.1 Å². The first-order chi connectivity index (χ1) is 11.4. The van der Waals surface area contributed by atoms with Gasteiger partial charge in [0.15, 0.2) is 0 Å². The molecule has 1 N–H and O–H groups in total. The second-order valence-corrected chi connectivity index (χ2v) is 6.75. The number of aryl methyl sites for hydroxylation is 2. The summed E-state index contributed by atoms with van der Waals surface area (Å²) in [4.78, 5) is 16.5. The molecule has 0 unspecified atom stereocenters. The van der Waals surface area contributed by atoms with Crippen molar-refractivity contribution in [3.63, 3.8) is 0 Å². The number of carbonyl (C=O) groups excluding carboxylic acids is 1. The largest absolute Gasteiger partial charge is 0.351 e. The van der Waals surface area contributed by atoms with Crippen LogP contribution in [0.3, 0.4) is 0 Å². The molecule has 0 saturated carbocycles. The molecule has 1 aromatic carbocycles. The number of nitrogens with zero attached hydrogens (tertiary/aromatic N) is 2. The lowest BCUT2D eigenvalue weighted by atomic mass is 10.1. The van der Waals surface area contributed by atoms with Crippen LogP contribution in [0, 0.1) is 39.0 Å². The Hall–Kier alpha value is -2.32. The topological polar surface area (TPSA) is 65.8 Å².